The van der Waals surface area contributed by atoms with Gasteiger partial charge in [-0.2, -0.15) is 0 Å². The Hall–Kier alpha value is -2.63. The first-order valence-corrected chi connectivity index (χ1v) is 9.59. The van der Waals surface area contributed by atoms with Crippen molar-refractivity contribution in [3.63, 3.8) is 0 Å². The number of hydrogen-bond acceptors (Lipinski definition) is 4. The highest BCUT2D eigenvalue weighted by molar-refractivity contribution is 6.68. The lowest BCUT2D eigenvalue weighted by atomic mass is 10.2. The lowest BCUT2D eigenvalue weighted by Crippen LogP contribution is -2.38. The number of anilines is 2. The Bertz CT molecular complexity index is 1100. The van der Waals surface area contributed by atoms with Crippen molar-refractivity contribution in [2.24, 2.45) is 4.99 Å². The fourth-order valence-electron chi connectivity index (χ4n) is 2.67. The van der Waals surface area contributed by atoms with Gasteiger partial charge in [-0.1, -0.05) is 53.0 Å². The molecule has 3 rings (SSSR count). The van der Waals surface area contributed by atoms with Crippen LogP contribution >= 0.6 is 34.8 Å². The number of amides is 3. The first kappa shape index (κ1) is 24.0. The van der Waals surface area contributed by atoms with E-state index < -0.39 is 62.5 Å². The number of nitrogens with zero attached hydrogens (tertiary/aromatic N) is 3. The van der Waals surface area contributed by atoms with E-state index in [-0.39, 0.29) is 5.69 Å². The molecule has 0 aromatic heterocycles. The van der Waals surface area contributed by atoms with Crippen LogP contribution in [0, 0.1) is 29.1 Å². The van der Waals surface area contributed by atoms with Crippen LogP contribution in [0.3, 0.4) is 0 Å². The molecular weight excluding hydrogens is 506 g/mol. The van der Waals surface area contributed by atoms with Crippen molar-refractivity contribution in [1.29, 1.82) is 0 Å². The van der Waals surface area contributed by atoms with Crippen molar-refractivity contribution < 1.29 is 31.5 Å². The average Bonchev–Trinajstić information content (AvgIpc) is 2.96. The minimum Gasteiger partial charge on any atom is -0.355 e. The molecule has 0 spiro atoms. The van der Waals surface area contributed by atoms with Gasteiger partial charge in [0.25, 0.3) is 5.91 Å². The third-order valence-electron chi connectivity index (χ3n) is 4.25. The predicted molar refractivity (Wildman–Crippen MR) is 108 cm³/mol. The number of aliphatic imine (C=N–C) groups is 1. The predicted octanol–water partition coefficient (Wildman–Crippen LogP) is 4.99. The molecule has 1 heterocycles. The van der Waals surface area contributed by atoms with E-state index in [0.717, 1.165) is 11.9 Å². The zero-order valence-corrected chi connectivity index (χ0v) is 17.9. The molecular formula is C18H10Cl3F5N4O2. The molecule has 1 unspecified atom stereocenters. The van der Waals surface area contributed by atoms with Crippen LogP contribution in [0.5, 0.6) is 0 Å². The van der Waals surface area contributed by atoms with Gasteiger partial charge in [-0.25, -0.2) is 36.6 Å². The fraction of sp³-hybridized carbons (Fsp3) is 0.167. The maximum absolute atomic E-state index is 14.1. The molecule has 32 heavy (non-hydrogen) atoms. The number of amidine groups is 1. The maximum Gasteiger partial charge on any atom is 0.337 e. The SMILES string of the molecule is CN1C(=O)C(=NC(Nc2c(F)c(F)c(F)c(F)c2F)C(Cl)(Cl)Cl)N(c2ccccc2)C1=O. The van der Waals surface area contributed by atoms with Gasteiger partial charge >= 0.3 is 6.03 Å². The van der Waals surface area contributed by atoms with Gasteiger partial charge in [-0.05, 0) is 12.1 Å². The Balaban J connectivity index is 2.13. The van der Waals surface area contributed by atoms with Gasteiger partial charge in [0.05, 0.1) is 5.69 Å². The molecule has 2 aromatic carbocycles. The van der Waals surface area contributed by atoms with Gasteiger partial charge in [-0.3, -0.25) is 9.69 Å². The van der Waals surface area contributed by atoms with Crippen LogP contribution in [-0.4, -0.2) is 39.7 Å². The molecule has 0 radical (unpaired) electrons. The molecule has 14 heteroatoms. The first-order chi connectivity index (χ1) is 14.9. The Morgan fingerprint density at radius 1 is 0.906 bits per heavy atom. The topological polar surface area (TPSA) is 65.0 Å². The Labute approximate surface area is 192 Å². The maximum atomic E-state index is 14.1. The molecule has 1 N–H and O–H groups in total. The summed E-state index contributed by atoms with van der Waals surface area (Å²) in [5, 5.41) is 1.82. The summed E-state index contributed by atoms with van der Waals surface area (Å²) in [7, 11) is 1.13. The second kappa shape index (κ2) is 8.72. The highest BCUT2D eigenvalue weighted by Crippen LogP contribution is 2.36. The van der Waals surface area contributed by atoms with Gasteiger partial charge < -0.3 is 5.32 Å². The van der Waals surface area contributed by atoms with Crippen LogP contribution in [0.4, 0.5) is 38.1 Å². The van der Waals surface area contributed by atoms with E-state index in [4.69, 9.17) is 34.8 Å². The van der Waals surface area contributed by atoms with E-state index in [1.54, 1.807) is 18.2 Å². The van der Waals surface area contributed by atoms with Gasteiger partial charge in [0, 0.05) is 7.05 Å². The molecule has 170 valence electrons. The Morgan fingerprint density at radius 3 is 1.91 bits per heavy atom. The van der Waals surface area contributed by atoms with Crippen molar-refractivity contribution in [2.75, 3.05) is 17.3 Å². The summed E-state index contributed by atoms with van der Waals surface area (Å²) in [5.41, 5.74) is -1.37. The van der Waals surface area contributed by atoms with Crippen molar-refractivity contribution in [2.45, 2.75) is 9.96 Å². The minimum absolute atomic E-state index is 0.174. The first-order valence-electron chi connectivity index (χ1n) is 8.46. The molecule has 6 nitrogen and oxygen atoms in total. The fourth-order valence-corrected chi connectivity index (χ4v) is 2.98. The molecule has 2 aromatic rings. The number of hydrogen-bond donors (Lipinski definition) is 1. The van der Waals surface area contributed by atoms with Gasteiger partial charge in [0.1, 0.15) is 5.69 Å². The van der Waals surface area contributed by atoms with E-state index in [0.29, 0.717) is 4.90 Å². The monoisotopic (exact) mass is 514 g/mol. The molecule has 0 saturated carbocycles. The molecule has 1 aliphatic heterocycles. The minimum atomic E-state index is -2.57. The summed E-state index contributed by atoms with van der Waals surface area (Å²) < 4.78 is 66.1. The molecule has 1 fully saturated rings. The molecule has 1 atom stereocenters. The molecule has 0 bridgehead atoms. The molecule has 1 saturated heterocycles. The summed E-state index contributed by atoms with van der Waals surface area (Å²) in [5.74, 6) is -13.0. The van der Waals surface area contributed by atoms with Crippen molar-refractivity contribution in [3.8, 4) is 0 Å². The van der Waals surface area contributed by atoms with Crippen LogP contribution in [-0.2, 0) is 4.79 Å². The van der Waals surface area contributed by atoms with Crippen molar-refractivity contribution in [1.82, 2.24) is 4.90 Å². The third kappa shape index (κ3) is 4.19. The number of imide groups is 1. The zero-order valence-electron chi connectivity index (χ0n) is 15.6. The van der Waals surface area contributed by atoms with Gasteiger partial charge in [-0.15, -0.1) is 0 Å². The number of carbonyl (C=O) groups excluding carboxylic acids is 2. The van der Waals surface area contributed by atoms with Crippen LogP contribution in [0.25, 0.3) is 0 Å². The number of benzene rings is 2. The second-order valence-corrected chi connectivity index (χ2v) is 8.67. The number of para-hydroxylation sites is 1. The molecule has 0 aliphatic carbocycles. The smallest absolute Gasteiger partial charge is 0.337 e. The molecule has 1 aliphatic rings. The number of nitrogens with one attached hydrogen (secondary N) is 1. The van der Waals surface area contributed by atoms with Gasteiger partial charge in [0.2, 0.25) is 15.4 Å². The lowest BCUT2D eigenvalue weighted by molar-refractivity contribution is -0.119. The number of urea groups is 1. The average molecular weight is 516 g/mol. The van der Waals surface area contributed by atoms with Crippen LogP contribution < -0.4 is 10.2 Å². The summed E-state index contributed by atoms with van der Waals surface area (Å²) in [6.45, 7) is 0. The van der Waals surface area contributed by atoms with Crippen LogP contribution in [0.1, 0.15) is 0 Å². The van der Waals surface area contributed by atoms with Crippen LogP contribution in [0.2, 0.25) is 0 Å². The lowest BCUT2D eigenvalue weighted by Gasteiger charge is -2.25. The highest BCUT2D eigenvalue weighted by Gasteiger charge is 2.44. The summed E-state index contributed by atoms with van der Waals surface area (Å²) in [4.78, 5) is 30.4. The van der Waals surface area contributed by atoms with Crippen molar-refractivity contribution >= 4 is 64.0 Å². The second-order valence-electron chi connectivity index (χ2n) is 6.30. The Kier molecular flexibility index (Phi) is 6.55. The van der Waals surface area contributed by atoms with E-state index in [2.05, 4.69) is 4.99 Å². The number of rotatable bonds is 4. The molecule has 3 amide bonds. The number of alkyl halides is 3. The van der Waals surface area contributed by atoms with E-state index in [9.17, 15) is 31.5 Å². The summed E-state index contributed by atoms with van der Waals surface area (Å²) >= 11 is 17.4. The van der Waals surface area contributed by atoms with Crippen molar-refractivity contribution in [3.05, 3.63) is 59.4 Å². The zero-order chi connectivity index (χ0) is 24.0. The highest BCUT2D eigenvalue weighted by atomic mass is 35.6. The Morgan fingerprint density at radius 2 is 1.41 bits per heavy atom. The van der Waals surface area contributed by atoms with Gasteiger partial charge in [0.15, 0.2) is 29.4 Å². The number of likely N-dealkylation sites (N-methyl/N-ethyl adjacent to an activating group) is 1. The quantitative estimate of drug-likeness (QED) is 0.205. The van der Waals surface area contributed by atoms with E-state index in [1.165, 1.54) is 12.1 Å². The largest absolute Gasteiger partial charge is 0.355 e. The standard InChI is InChI=1S/C18H10Cl3F5N4O2/c1-29-15(31)14(30(17(29)32)7-5-3-2-4-6-7)28-16(18(19,20)21)27-13-11(25)9(23)8(22)10(24)12(13)26/h2-6,16,27H,1H3. The van der Waals surface area contributed by atoms with Crippen LogP contribution in [0.15, 0.2) is 35.3 Å². The van der Waals surface area contributed by atoms with E-state index >= 15 is 0 Å². The summed E-state index contributed by atoms with van der Waals surface area (Å²) in [6, 6.07) is 6.76. The number of halogens is 8. The summed E-state index contributed by atoms with van der Waals surface area (Å²) in [6.07, 6.45) is -2.06. The van der Waals surface area contributed by atoms with E-state index in [1.807, 2.05) is 5.32 Å². The number of carbonyl (C=O) groups is 2. The normalized spacial score (nSPS) is 16.8. The third-order valence-corrected chi connectivity index (χ3v) is 4.87.